The first kappa shape index (κ1) is 19.0. The van der Waals surface area contributed by atoms with Crippen LogP contribution in [0, 0.1) is 0 Å². The third kappa shape index (κ3) is 6.97. The van der Waals surface area contributed by atoms with Crippen molar-refractivity contribution < 1.29 is 14.3 Å². The number of carbonyl (C=O) groups excluding carboxylic acids is 2. The number of benzene rings is 2. The van der Waals surface area contributed by atoms with E-state index in [1.807, 2.05) is 42.5 Å². The summed E-state index contributed by atoms with van der Waals surface area (Å²) in [7, 11) is 0. The van der Waals surface area contributed by atoms with Gasteiger partial charge in [0.25, 0.3) is 5.91 Å². The molecule has 0 aliphatic heterocycles. The molecule has 0 fully saturated rings. The van der Waals surface area contributed by atoms with E-state index in [9.17, 15) is 9.59 Å². The van der Waals surface area contributed by atoms with Crippen LogP contribution in [0.15, 0.2) is 59.1 Å². The van der Waals surface area contributed by atoms with Crippen molar-refractivity contribution in [1.82, 2.24) is 10.6 Å². The number of hydrogen-bond acceptors (Lipinski definition) is 3. The molecule has 0 aromatic heterocycles. The number of para-hydroxylation sites is 1. The van der Waals surface area contributed by atoms with E-state index in [-0.39, 0.29) is 11.8 Å². The summed E-state index contributed by atoms with van der Waals surface area (Å²) in [6.45, 7) is 1.27. The zero-order valence-corrected chi connectivity index (χ0v) is 15.4. The van der Waals surface area contributed by atoms with E-state index < -0.39 is 0 Å². The van der Waals surface area contributed by atoms with E-state index in [2.05, 4.69) is 26.6 Å². The standard InChI is InChI=1S/C19H21BrN2O3/c20-17-10-5-4-9-16(17)19(24)22-13-12-21-18(23)11-6-14-25-15-7-2-1-3-8-15/h1-5,7-10H,6,11-14H2,(H,21,23)(H,22,24). The van der Waals surface area contributed by atoms with Crippen LogP contribution in [0.3, 0.4) is 0 Å². The van der Waals surface area contributed by atoms with E-state index >= 15 is 0 Å². The Morgan fingerprint density at radius 3 is 2.36 bits per heavy atom. The Labute approximate surface area is 155 Å². The summed E-state index contributed by atoms with van der Waals surface area (Å²) in [5.41, 5.74) is 0.576. The summed E-state index contributed by atoms with van der Waals surface area (Å²) >= 11 is 3.34. The van der Waals surface area contributed by atoms with Crippen LogP contribution in [-0.2, 0) is 4.79 Å². The van der Waals surface area contributed by atoms with E-state index in [1.54, 1.807) is 12.1 Å². The maximum atomic E-state index is 12.0. The Kier molecular flexibility index (Phi) is 7.98. The lowest BCUT2D eigenvalue weighted by Crippen LogP contribution is -2.34. The minimum atomic E-state index is -0.169. The van der Waals surface area contributed by atoms with Crippen molar-refractivity contribution in [2.75, 3.05) is 19.7 Å². The van der Waals surface area contributed by atoms with Crippen molar-refractivity contribution in [1.29, 1.82) is 0 Å². The molecule has 0 spiro atoms. The minimum Gasteiger partial charge on any atom is -0.494 e. The molecule has 0 bridgehead atoms. The van der Waals surface area contributed by atoms with Crippen molar-refractivity contribution in [3.8, 4) is 5.75 Å². The number of rotatable bonds is 9. The Balaban J connectivity index is 1.55. The highest BCUT2D eigenvalue weighted by Gasteiger charge is 2.08. The summed E-state index contributed by atoms with van der Waals surface area (Å²) in [6, 6.07) is 16.7. The van der Waals surface area contributed by atoms with Crippen LogP contribution in [0.1, 0.15) is 23.2 Å². The third-order valence-corrected chi connectivity index (χ3v) is 4.10. The maximum Gasteiger partial charge on any atom is 0.252 e. The first-order valence-corrected chi connectivity index (χ1v) is 8.93. The van der Waals surface area contributed by atoms with Crippen LogP contribution in [0.4, 0.5) is 0 Å². The molecule has 0 aliphatic rings. The van der Waals surface area contributed by atoms with Gasteiger partial charge in [-0.3, -0.25) is 9.59 Å². The molecule has 6 heteroatoms. The normalized spacial score (nSPS) is 10.1. The van der Waals surface area contributed by atoms with Gasteiger partial charge in [-0.2, -0.15) is 0 Å². The highest BCUT2D eigenvalue weighted by molar-refractivity contribution is 9.10. The Hall–Kier alpha value is -2.34. The molecule has 2 rings (SSSR count). The summed E-state index contributed by atoms with van der Waals surface area (Å²) in [5.74, 6) is 0.586. The van der Waals surface area contributed by atoms with Gasteiger partial charge in [0.05, 0.1) is 12.2 Å². The van der Waals surface area contributed by atoms with Gasteiger partial charge in [0.1, 0.15) is 5.75 Å². The fraction of sp³-hybridized carbons (Fsp3) is 0.263. The Morgan fingerprint density at radius 2 is 1.60 bits per heavy atom. The van der Waals surface area contributed by atoms with Gasteiger partial charge in [0.15, 0.2) is 0 Å². The van der Waals surface area contributed by atoms with E-state index in [0.717, 1.165) is 10.2 Å². The van der Waals surface area contributed by atoms with Gasteiger partial charge < -0.3 is 15.4 Å². The average molecular weight is 405 g/mol. The topological polar surface area (TPSA) is 67.4 Å². The summed E-state index contributed by atoms with van der Waals surface area (Å²) in [4.78, 5) is 23.7. The van der Waals surface area contributed by atoms with Gasteiger partial charge >= 0.3 is 0 Å². The molecule has 0 atom stereocenters. The molecule has 5 nitrogen and oxygen atoms in total. The average Bonchev–Trinajstić information content (AvgIpc) is 2.63. The van der Waals surface area contributed by atoms with Crippen LogP contribution in [-0.4, -0.2) is 31.5 Å². The van der Waals surface area contributed by atoms with Crippen LogP contribution in [0.25, 0.3) is 0 Å². The zero-order valence-electron chi connectivity index (χ0n) is 13.8. The van der Waals surface area contributed by atoms with Gasteiger partial charge in [-0.15, -0.1) is 0 Å². The lowest BCUT2D eigenvalue weighted by atomic mass is 10.2. The van der Waals surface area contributed by atoms with Gasteiger partial charge in [-0.25, -0.2) is 0 Å². The SMILES string of the molecule is O=C(CCCOc1ccccc1)NCCNC(=O)c1ccccc1Br. The summed E-state index contributed by atoms with van der Waals surface area (Å²) in [6.07, 6.45) is 1.04. The lowest BCUT2D eigenvalue weighted by molar-refractivity contribution is -0.121. The highest BCUT2D eigenvalue weighted by atomic mass is 79.9. The predicted molar refractivity (Wildman–Crippen MR) is 101 cm³/mol. The molecule has 0 saturated heterocycles. The summed E-state index contributed by atoms with van der Waals surface area (Å²) in [5, 5.41) is 5.56. The van der Waals surface area contributed by atoms with Crippen molar-refractivity contribution in [3.63, 3.8) is 0 Å². The fourth-order valence-electron chi connectivity index (χ4n) is 2.15. The number of carbonyl (C=O) groups is 2. The second kappa shape index (κ2) is 10.5. The van der Waals surface area contributed by atoms with Crippen molar-refractivity contribution >= 4 is 27.7 Å². The molecule has 0 unspecified atom stereocenters. The number of nitrogens with one attached hydrogen (secondary N) is 2. The molecule has 25 heavy (non-hydrogen) atoms. The van der Waals surface area contributed by atoms with Crippen LogP contribution >= 0.6 is 15.9 Å². The summed E-state index contributed by atoms with van der Waals surface area (Å²) < 4.78 is 6.28. The number of ether oxygens (including phenoxy) is 1. The van der Waals surface area contributed by atoms with E-state index in [0.29, 0.717) is 38.1 Å². The Bertz CT molecular complexity index is 692. The van der Waals surface area contributed by atoms with Crippen molar-refractivity contribution in [2.45, 2.75) is 12.8 Å². The zero-order chi connectivity index (χ0) is 17.9. The minimum absolute atomic E-state index is 0.0493. The smallest absolute Gasteiger partial charge is 0.252 e. The molecule has 0 radical (unpaired) electrons. The number of hydrogen-bond donors (Lipinski definition) is 2. The monoisotopic (exact) mass is 404 g/mol. The number of halogens is 1. The van der Waals surface area contributed by atoms with Crippen LogP contribution < -0.4 is 15.4 Å². The third-order valence-electron chi connectivity index (χ3n) is 3.41. The highest BCUT2D eigenvalue weighted by Crippen LogP contribution is 2.15. The van der Waals surface area contributed by atoms with Gasteiger partial charge in [-0.05, 0) is 46.6 Å². The Morgan fingerprint density at radius 1 is 0.920 bits per heavy atom. The molecule has 2 aromatic carbocycles. The molecule has 0 heterocycles. The van der Waals surface area contributed by atoms with E-state index in [4.69, 9.17) is 4.74 Å². The lowest BCUT2D eigenvalue weighted by Gasteiger charge is -2.09. The number of amides is 2. The van der Waals surface area contributed by atoms with Gasteiger partial charge in [0, 0.05) is 24.0 Å². The maximum absolute atomic E-state index is 12.0. The quantitative estimate of drug-likeness (QED) is 0.630. The van der Waals surface area contributed by atoms with Crippen molar-refractivity contribution in [3.05, 3.63) is 64.6 Å². The second-order valence-corrected chi connectivity index (χ2v) is 6.21. The molecular formula is C19H21BrN2O3. The first-order chi connectivity index (χ1) is 12.2. The molecule has 0 saturated carbocycles. The van der Waals surface area contributed by atoms with Gasteiger partial charge in [-0.1, -0.05) is 30.3 Å². The molecule has 0 aliphatic carbocycles. The molecule has 2 N–H and O–H groups in total. The van der Waals surface area contributed by atoms with Crippen molar-refractivity contribution in [2.24, 2.45) is 0 Å². The predicted octanol–water partition coefficient (Wildman–Crippen LogP) is 3.15. The van der Waals surface area contributed by atoms with E-state index in [1.165, 1.54) is 0 Å². The van der Waals surface area contributed by atoms with Crippen LogP contribution in [0.2, 0.25) is 0 Å². The molecular weight excluding hydrogens is 384 g/mol. The molecule has 2 aromatic rings. The van der Waals surface area contributed by atoms with Crippen LogP contribution in [0.5, 0.6) is 5.75 Å². The molecule has 132 valence electrons. The second-order valence-electron chi connectivity index (χ2n) is 5.35. The largest absolute Gasteiger partial charge is 0.494 e. The first-order valence-electron chi connectivity index (χ1n) is 8.14. The van der Waals surface area contributed by atoms with Gasteiger partial charge in [0.2, 0.25) is 5.91 Å². The fourth-order valence-corrected chi connectivity index (χ4v) is 2.61. The molecule has 2 amide bonds.